The maximum absolute atomic E-state index is 16.8. The fourth-order valence-corrected chi connectivity index (χ4v) is 21.6. The highest BCUT2D eigenvalue weighted by Gasteiger charge is 2.60. The quantitative estimate of drug-likeness (QED) is 0.0276. The molecule has 3 aliphatic rings. The maximum Gasteiger partial charge on any atom is 0.335 e. The van der Waals surface area contributed by atoms with Gasteiger partial charge in [-0.15, -0.1) is 0 Å². The van der Waals surface area contributed by atoms with Gasteiger partial charge in [-0.2, -0.15) is 5.26 Å². The Morgan fingerprint density at radius 1 is 1.01 bits per heavy atom. The largest absolute Gasteiger partial charge is 0.414 e. The van der Waals surface area contributed by atoms with Gasteiger partial charge in [-0.1, -0.05) is 80.2 Å². The summed E-state index contributed by atoms with van der Waals surface area (Å²) in [5, 5.41) is 26.1. The number of halogens is 2. The van der Waals surface area contributed by atoms with Gasteiger partial charge in [-0.25, -0.2) is 28.7 Å². The van der Waals surface area contributed by atoms with E-state index in [9.17, 15) is 29.4 Å². The molecule has 29 heteroatoms. The first-order chi connectivity index (χ1) is 34.6. The minimum atomic E-state index is -4.32. The Bertz CT molecular complexity index is 2760. The molecule has 0 saturated carbocycles. The zero-order valence-electron chi connectivity index (χ0n) is 41.3. The molecular weight excluding hydrogens is 1050 g/mol. The van der Waals surface area contributed by atoms with Gasteiger partial charge in [0.1, 0.15) is 42.7 Å². The van der Waals surface area contributed by atoms with Crippen molar-refractivity contribution in [2.24, 2.45) is 4.99 Å². The lowest BCUT2D eigenvalue weighted by Gasteiger charge is -2.47. The Morgan fingerprint density at radius 3 is 2.33 bits per heavy atom. The predicted molar refractivity (Wildman–Crippen MR) is 272 cm³/mol. The van der Waals surface area contributed by atoms with Crippen LogP contribution in [0, 0.1) is 17.1 Å². The second-order valence-electron chi connectivity index (χ2n) is 18.8. The number of imidazole rings is 1. The van der Waals surface area contributed by atoms with Crippen molar-refractivity contribution in [1.82, 2.24) is 29.4 Å². The molecule has 6 heterocycles. The van der Waals surface area contributed by atoms with E-state index in [0.29, 0.717) is 5.56 Å². The van der Waals surface area contributed by atoms with Crippen molar-refractivity contribution in [2.75, 3.05) is 25.1 Å². The molecule has 4 aromatic rings. The van der Waals surface area contributed by atoms with Gasteiger partial charge in [-0.05, 0) is 46.1 Å². The monoisotopic (exact) mass is 1110 g/mol. The summed E-state index contributed by atoms with van der Waals surface area (Å²) in [6.45, 7) is 13.1. The Labute approximate surface area is 428 Å². The molecule has 1 aromatic carbocycles. The molecule has 3 aromatic heterocycles. The third kappa shape index (κ3) is 11.7. The standard InChI is InChI=1S/C44H61F2N9O13P2SSi2/c1-24(2)72(60,25(3)4)68-73(26(5)6,27(7)8)67-37-31(19-56)63-44(54-18-30(45)33-28(9)48-21-50-40(33)54)38(37)66-70(71,61-17-13-16-47)62-20-32-36(65-69(58)59)34(46)43(64-32)55-23-52-35-39(49-22-51-41(35)55)53-42(57)29-14-11-10-12-15-29/h10-12,14-15,18,21-27,31-32,34,36-38,43-44,56,60,69H,9,13,17,19-20H2,1-8H3,(H,48,50)(H,58,59)(H,49,51,53,57)/t31-,32-,34-,36-,37-,38-,43-,44-,70?/m1/s1. The van der Waals surface area contributed by atoms with Gasteiger partial charge >= 0.3 is 32.1 Å². The Morgan fingerprint density at radius 2 is 1.70 bits per heavy atom. The molecule has 7 rings (SSSR count). The van der Waals surface area contributed by atoms with Gasteiger partial charge in [0.2, 0.25) is 0 Å². The van der Waals surface area contributed by atoms with Gasteiger partial charge in [0.15, 0.2) is 41.4 Å². The SMILES string of the molecule is C=C1NC=Nc2c1c(F)cn2[C@@H]1O[C@H](CO)[C@@H](O[Si](O[Si](O)(C(C)C)C(C)C)(C(C)C)C(C)C)[C@H]1OP(=S)(OCCC#N)OC[C@H]1O[C@@H](n2cnc3c(NC(=O)c4ccccc4)ncnc32)[C@H](F)[C@@H]1O[PH](=O)O. The van der Waals surface area contributed by atoms with Gasteiger partial charge in [0, 0.05) is 17.5 Å². The number of nitrogens with one attached hydrogen (secondary N) is 2. The molecule has 0 spiro atoms. The number of aliphatic hydroxyl groups excluding tert-OH is 1. The van der Waals surface area contributed by atoms with Crippen LogP contribution in [0.5, 0.6) is 0 Å². The number of anilines is 1. The Hall–Kier alpha value is -4.05. The van der Waals surface area contributed by atoms with Crippen molar-refractivity contribution in [3.05, 3.63) is 72.7 Å². The number of hydrogen-bond donors (Lipinski definition) is 5. The highest BCUT2D eigenvalue weighted by atomic mass is 32.5. The van der Waals surface area contributed by atoms with Crippen LogP contribution in [0.25, 0.3) is 16.9 Å². The van der Waals surface area contributed by atoms with E-state index in [1.165, 1.54) is 21.8 Å². The van der Waals surface area contributed by atoms with Crippen molar-refractivity contribution < 1.29 is 69.0 Å². The molecule has 2 fully saturated rings. The van der Waals surface area contributed by atoms with Crippen LogP contribution < -0.4 is 10.6 Å². The summed E-state index contributed by atoms with van der Waals surface area (Å²) in [4.78, 5) is 52.5. The van der Waals surface area contributed by atoms with E-state index in [1.54, 1.807) is 30.3 Å². The van der Waals surface area contributed by atoms with E-state index in [-0.39, 0.29) is 69.3 Å². The first-order valence-electron chi connectivity index (χ1n) is 23.5. The third-order valence-electron chi connectivity index (χ3n) is 12.8. The molecule has 0 bridgehead atoms. The van der Waals surface area contributed by atoms with Gasteiger partial charge in [0.05, 0.1) is 50.5 Å². The van der Waals surface area contributed by atoms with Crippen LogP contribution in [-0.2, 0) is 52.5 Å². The smallest absolute Gasteiger partial charge is 0.335 e. The number of aliphatic imine (C=N–C) groups is 1. The molecule has 5 N–H and O–H groups in total. The number of fused-ring (bicyclic) bond motifs is 2. The van der Waals surface area contributed by atoms with Crippen molar-refractivity contribution in [1.29, 1.82) is 5.26 Å². The summed E-state index contributed by atoms with van der Waals surface area (Å²) in [5.74, 6) is -1.16. The lowest BCUT2D eigenvalue weighted by atomic mass is 10.1. The van der Waals surface area contributed by atoms with Crippen LogP contribution >= 0.6 is 15.0 Å². The van der Waals surface area contributed by atoms with Crippen molar-refractivity contribution >= 4 is 84.6 Å². The highest BCUT2D eigenvalue weighted by molar-refractivity contribution is 8.07. The zero-order chi connectivity index (χ0) is 53.2. The topological polar surface area (TPSA) is 277 Å². The fourth-order valence-electron chi connectivity index (χ4n) is 9.06. The fraction of sp³-hybridized carbons (Fsp3) is 0.545. The number of alkyl halides is 1. The average molecular weight is 1110 g/mol. The number of nitrogens with zero attached hydrogens (tertiary/aromatic N) is 7. The minimum Gasteiger partial charge on any atom is -0.414 e. The van der Waals surface area contributed by atoms with E-state index < -0.39 is 106 Å². The maximum atomic E-state index is 16.8. The number of amides is 1. The molecule has 3 aliphatic heterocycles. The number of carbonyl (C=O) groups excluding carboxylic acids is 1. The van der Waals surface area contributed by atoms with E-state index >= 15 is 8.78 Å². The number of benzene rings is 1. The zero-order valence-corrected chi connectivity index (χ0v) is 46.0. The number of aliphatic hydroxyl groups is 1. The molecule has 10 atom stereocenters. The first kappa shape index (κ1) is 56.7. The number of nitriles is 1. The van der Waals surface area contributed by atoms with Gasteiger partial charge < -0.3 is 61.6 Å². The Balaban J connectivity index is 1.26. The number of carbonyl (C=O) groups is 1. The number of rotatable bonds is 23. The molecule has 2 unspecified atom stereocenters. The van der Waals surface area contributed by atoms with Gasteiger partial charge in [0.25, 0.3) is 5.91 Å². The molecule has 0 aliphatic carbocycles. The van der Waals surface area contributed by atoms with Crippen molar-refractivity contribution in [3.8, 4) is 6.07 Å². The molecule has 2 saturated heterocycles. The first-order valence-corrected chi connectivity index (χ1v) is 31.3. The minimum absolute atomic E-state index is 0.00815. The second-order valence-corrected chi connectivity index (χ2v) is 31.1. The molecule has 22 nitrogen and oxygen atoms in total. The van der Waals surface area contributed by atoms with E-state index in [0.717, 1.165) is 12.5 Å². The van der Waals surface area contributed by atoms with Crippen LogP contribution in [0.2, 0.25) is 22.2 Å². The van der Waals surface area contributed by atoms with Crippen LogP contribution in [0.1, 0.15) is 90.2 Å². The van der Waals surface area contributed by atoms with Crippen molar-refractivity contribution in [3.63, 3.8) is 0 Å². The average Bonchev–Trinajstić information content (AvgIpc) is 4.10. The second kappa shape index (κ2) is 23.5. The highest BCUT2D eigenvalue weighted by Crippen LogP contribution is 2.57. The lowest BCUT2D eigenvalue weighted by molar-refractivity contribution is -0.0566. The third-order valence-corrected chi connectivity index (χ3v) is 25.4. The van der Waals surface area contributed by atoms with E-state index in [4.69, 9.17) is 47.9 Å². The lowest BCUT2D eigenvalue weighted by Crippen LogP contribution is -2.62. The summed E-state index contributed by atoms with van der Waals surface area (Å²) < 4.78 is 99.0. The van der Waals surface area contributed by atoms with Crippen molar-refractivity contribution in [2.45, 2.75) is 133 Å². The van der Waals surface area contributed by atoms with Crippen LogP contribution in [0.15, 0.2) is 60.8 Å². The number of hydrogen-bond acceptors (Lipinski definition) is 19. The number of ether oxygens (including phenoxy) is 2. The summed E-state index contributed by atoms with van der Waals surface area (Å²) in [7, 11) is -11.1. The van der Waals surface area contributed by atoms with E-state index in [2.05, 4.69) is 37.2 Å². The predicted octanol–water partition coefficient (Wildman–Crippen LogP) is 7.32. The summed E-state index contributed by atoms with van der Waals surface area (Å²) in [6, 6.07) is 10.3. The van der Waals surface area contributed by atoms with Crippen LogP contribution in [0.4, 0.5) is 20.4 Å². The molecule has 73 heavy (non-hydrogen) atoms. The van der Waals surface area contributed by atoms with Crippen LogP contribution in [-0.4, -0.2) is 125 Å². The summed E-state index contributed by atoms with van der Waals surface area (Å²) >= 11 is 6.08. The summed E-state index contributed by atoms with van der Waals surface area (Å²) in [6.07, 6.45) is -7.94. The molecule has 398 valence electrons. The summed E-state index contributed by atoms with van der Waals surface area (Å²) in [5.41, 5.74) is -0.584. The van der Waals surface area contributed by atoms with Crippen LogP contribution in [0.3, 0.4) is 0 Å². The van der Waals surface area contributed by atoms with Gasteiger partial charge in [-0.3, -0.25) is 18.5 Å². The molecule has 1 amide bonds. The van der Waals surface area contributed by atoms with E-state index in [1.807, 2.05) is 61.5 Å². The normalized spacial score (nSPS) is 24.6. The molecule has 0 radical (unpaired) electrons. The number of aromatic nitrogens is 5. The Kier molecular flexibility index (Phi) is 18.2. The molecular formula is C44H61F2N9O13P2SSi2.